The first kappa shape index (κ1) is 16.7. The molecule has 0 bridgehead atoms. The molecule has 112 valence electrons. The van der Waals surface area contributed by atoms with Crippen molar-refractivity contribution in [3.05, 3.63) is 43.9 Å². The summed E-state index contributed by atoms with van der Waals surface area (Å²) >= 11 is 9.86. The van der Waals surface area contributed by atoms with Crippen LogP contribution in [0.1, 0.15) is 0 Å². The maximum atomic E-state index is 12.5. The summed E-state index contributed by atoms with van der Waals surface area (Å²) in [6.07, 6.45) is 1.53. The monoisotopic (exact) mass is 497 g/mol. The van der Waals surface area contributed by atoms with Gasteiger partial charge in [0.15, 0.2) is 0 Å². The molecular formula is C12H10Br3N3O2S. The first-order chi connectivity index (χ1) is 9.83. The number of benzene rings is 1. The van der Waals surface area contributed by atoms with Crippen LogP contribution in [0, 0.1) is 0 Å². The summed E-state index contributed by atoms with van der Waals surface area (Å²) in [5.74, 6) is 0.275. The minimum Gasteiger partial charge on any atom is -0.372 e. The Morgan fingerprint density at radius 3 is 2.48 bits per heavy atom. The molecule has 0 radical (unpaired) electrons. The van der Waals surface area contributed by atoms with Crippen molar-refractivity contribution in [3.8, 4) is 0 Å². The van der Waals surface area contributed by atoms with Crippen LogP contribution in [0.15, 0.2) is 48.8 Å². The molecule has 0 saturated carbocycles. The number of halogens is 3. The predicted octanol–water partition coefficient (Wildman–Crippen LogP) is 4.21. The lowest BCUT2D eigenvalue weighted by molar-refractivity contribution is 0.601. The van der Waals surface area contributed by atoms with Crippen LogP contribution < -0.4 is 10.0 Å². The van der Waals surface area contributed by atoms with Gasteiger partial charge in [0.05, 0.1) is 5.69 Å². The van der Waals surface area contributed by atoms with Crippen LogP contribution >= 0.6 is 47.8 Å². The highest BCUT2D eigenvalue weighted by Gasteiger charge is 2.21. The van der Waals surface area contributed by atoms with Gasteiger partial charge >= 0.3 is 0 Å². The Morgan fingerprint density at radius 1 is 1.10 bits per heavy atom. The molecule has 1 aromatic carbocycles. The number of rotatable bonds is 4. The Balaban J connectivity index is 2.48. The number of aromatic nitrogens is 1. The first-order valence-electron chi connectivity index (χ1n) is 5.64. The molecule has 0 aliphatic carbocycles. The number of sulfonamides is 1. The van der Waals surface area contributed by atoms with Gasteiger partial charge < -0.3 is 5.32 Å². The second-order valence-electron chi connectivity index (χ2n) is 3.98. The Morgan fingerprint density at radius 2 is 1.81 bits per heavy atom. The third kappa shape index (κ3) is 3.97. The van der Waals surface area contributed by atoms with Crippen LogP contribution in [0.5, 0.6) is 0 Å². The molecule has 1 aromatic heterocycles. The van der Waals surface area contributed by atoms with Crippen molar-refractivity contribution in [2.24, 2.45) is 0 Å². The maximum absolute atomic E-state index is 12.5. The van der Waals surface area contributed by atoms with E-state index in [0.717, 1.165) is 4.47 Å². The van der Waals surface area contributed by atoms with Crippen molar-refractivity contribution in [1.29, 1.82) is 0 Å². The van der Waals surface area contributed by atoms with Gasteiger partial charge in [0.1, 0.15) is 10.7 Å². The van der Waals surface area contributed by atoms with E-state index in [1.807, 2.05) is 6.07 Å². The lowest BCUT2D eigenvalue weighted by atomic mass is 10.3. The van der Waals surface area contributed by atoms with Gasteiger partial charge in [-0.2, -0.15) is 0 Å². The van der Waals surface area contributed by atoms with Crippen LogP contribution in [0.4, 0.5) is 11.5 Å². The maximum Gasteiger partial charge on any atom is 0.265 e. The first-order valence-corrected chi connectivity index (χ1v) is 9.51. The van der Waals surface area contributed by atoms with E-state index in [4.69, 9.17) is 0 Å². The Bertz CT molecular complexity index is 781. The average molecular weight is 500 g/mol. The van der Waals surface area contributed by atoms with Gasteiger partial charge in [0, 0.05) is 26.7 Å². The summed E-state index contributed by atoms with van der Waals surface area (Å²) in [5.41, 5.74) is 0.436. The van der Waals surface area contributed by atoms with E-state index in [9.17, 15) is 8.42 Å². The van der Waals surface area contributed by atoms with Gasteiger partial charge in [-0.15, -0.1) is 0 Å². The fourth-order valence-corrected chi connectivity index (χ4v) is 4.17. The molecule has 21 heavy (non-hydrogen) atoms. The minimum atomic E-state index is -3.77. The third-order valence-electron chi connectivity index (χ3n) is 2.52. The van der Waals surface area contributed by atoms with Gasteiger partial charge in [0.25, 0.3) is 10.0 Å². The average Bonchev–Trinajstić information content (AvgIpc) is 2.42. The van der Waals surface area contributed by atoms with Crippen molar-refractivity contribution in [1.82, 2.24) is 4.98 Å². The number of anilines is 2. The van der Waals surface area contributed by atoms with Crippen molar-refractivity contribution in [2.45, 2.75) is 4.90 Å². The Labute approximate surface area is 148 Å². The molecular weight excluding hydrogens is 490 g/mol. The summed E-state index contributed by atoms with van der Waals surface area (Å²) in [4.78, 5) is 4.11. The van der Waals surface area contributed by atoms with Gasteiger partial charge in [0.2, 0.25) is 0 Å². The van der Waals surface area contributed by atoms with Gasteiger partial charge in [-0.3, -0.25) is 4.72 Å². The molecule has 5 nitrogen and oxygen atoms in total. The van der Waals surface area contributed by atoms with Crippen LogP contribution in [0.25, 0.3) is 0 Å². The second-order valence-corrected chi connectivity index (χ2v) is 8.32. The van der Waals surface area contributed by atoms with Gasteiger partial charge in [-0.05, 0) is 56.1 Å². The Kier molecular flexibility index (Phi) is 5.29. The largest absolute Gasteiger partial charge is 0.372 e. The highest BCUT2D eigenvalue weighted by Crippen LogP contribution is 2.30. The standard InChI is InChI=1S/C12H10Br3N3O2S/c1-16-12-11(5-8(14)6-17-12)21(19,20)18-10-4-7(13)2-3-9(10)15/h2-6,18H,1H3,(H,16,17). The van der Waals surface area contributed by atoms with E-state index in [0.29, 0.717) is 14.6 Å². The molecule has 2 rings (SSSR count). The number of hydrogen-bond acceptors (Lipinski definition) is 4. The van der Waals surface area contributed by atoms with Crippen molar-refractivity contribution in [3.63, 3.8) is 0 Å². The molecule has 0 atom stereocenters. The van der Waals surface area contributed by atoms with E-state index in [1.165, 1.54) is 12.3 Å². The summed E-state index contributed by atoms with van der Waals surface area (Å²) < 4.78 is 29.6. The lowest BCUT2D eigenvalue weighted by Gasteiger charge is -2.13. The zero-order chi connectivity index (χ0) is 15.6. The predicted molar refractivity (Wildman–Crippen MR) is 94.1 cm³/mol. The van der Waals surface area contributed by atoms with Crippen molar-refractivity contribution < 1.29 is 8.42 Å². The molecule has 0 unspecified atom stereocenters. The van der Waals surface area contributed by atoms with Crippen molar-refractivity contribution in [2.75, 3.05) is 17.1 Å². The molecule has 0 fully saturated rings. The minimum absolute atomic E-state index is 0.0613. The number of pyridine rings is 1. The van der Waals surface area contributed by atoms with E-state index in [-0.39, 0.29) is 10.7 Å². The fraction of sp³-hybridized carbons (Fsp3) is 0.0833. The molecule has 0 saturated heterocycles. The van der Waals surface area contributed by atoms with Crippen LogP contribution in [0.3, 0.4) is 0 Å². The van der Waals surface area contributed by atoms with Gasteiger partial charge in [-0.25, -0.2) is 13.4 Å². The van der Waals surface area contributed by atoms with Crippen molar-refractivity contribution >= 4 is 69.3 Å². The van der Waals surface area contributed by atoms with Crippen LogP contribution in [0.2, 0.25) is 0 Å². The molecule has 2 aromatic rings. The van der Waals surface area contributed by atoms with E-state index < -0.39 is 10.0 Å². The molecule has 2 N–H and O–H groups in total. The topological polar surface area (TPSA) is 71.1 Å². The molecule has 0 aliphatic rings. The Hall–Kier alpha value is -0.640. The zero-order valence-electron chi connectivity index (χ0n) is 10.7. The second kappa shape index (κ2) is 6.64. The van der Waals surface area contributed by atoms with Crippen LogP contribution in [-0.2, 0) is 10.0 Å². The molecule has 9 heteroatoms. The fourth-order valence-electron chi connectivity index (χ4n) is 1.59. The smallest absolute Gasteiger partial charge is 0.265 e. The summed E-state index contributed by atoms with van der Waals surface area (Å²) in [7, 11) is -2.16. The normalized spacial score (nSPS) is 11.2. The SMILES string of the molecule is CNc1ncc(Br)cc1S(=O)(=O)Nc1cc(Br)ccc1Br. The summed E-state index contributed by atoms with van der Waals surface area (Å²) in [6.45, 7) is 0. The highest BCUT2D eigenvalue weighted by atomic mass is 79.9. The van der Waals surface area contributed by atoms with E-state index >= 15 is 0 Å². The molecule has 0 spiro atoms. The van der Waals surface area contributed by atoms with Crippen LogP contribution in [-0.4, -0.2) is 20.4 Å². The zero-order valence-corrected chi connectivity index (χ0v) is 16.3. The highest BCUT2D eigenvalue weighted by molar-refractivity contribution is 9.11. The number of hydrogen-bond donors (Lipinski definition) is 2. The van der Waals surface area contributed by atoms with E-state index in [2.05, 4.69) is 62.8 Å². The summed E-state index contributed by atoms with van der Waals surface area (Å²) in [6, 6.07) is 6.72. The molecule has 1 heterocycles. The summed E-state index contributed by atoms with van der Waals surface area (Å²) in [5, 5.41) is 2.77. The number of nitrogens with zero attached hydrogens (tertiary/aromatic N) is 1. The van der Waals surface area contributed by atoms with E-state index in [1.54, 1.807) is 19.2 Å². The third-order valence-corrected chi connectivity index (χ3v) is 5.52. The molecule has 0 aliphatic heterocycles. The lowest BCUT2D eigenvalue weighted by Crippen LogP contribution is -2.16. The quantitative estimate of drug-likeness (QED) is 0.661. The number of nitrogens with one attached hydrogen (secondary N) is 2. The molecule has 0 amide bonds. The van der Waals surface area contributed by atoms with Gasteiger partial charge in [-0.1, -0.05) is 15.9 Å².